The molecule has 3 rings (SSSR count). The van der Waals surface area contributed by atoms with E-state index in [1.165, 1.54) is 5.32 Å². The minimum atomic E-state index is -5.77. The van der Waals surface area contributed by atoms with Crippen LogP contribution in [0.2, 0.25) is 0 Å². The summed E-state index contributed by atoms with van der Waals surface area (Å²) in [6.07, 6.45) is -9.64. The van der Waals surface area contributed by atoms with Crippen LogP contribution >= 0.6 is 0 Å². The number of carbonyl (C=O) groups excluding carboxylic acids is 1. The van der Waals surface area contributed by atoms with Gasteiger partial charge in [0.05, 0.1) is 0 Å². The highest BCUT2D eigenvalue weighted by Crippen LogP contribution is 2.43. The van der Waals surface area contributed by atoms with Crippen molar-refractivity contribution in [3.63, 3.8) is 0 Å². The van der Waals surface area contributed by atoms with Crippen molar-refractivity contribution in [1.29, 1.82) is 0 Å². The van der Waals surface area contributed by atoms with Gasteiger partial charge in [-0.15, -0.1) is 0 Å². The number of hydrogen-bond donors (Lipinski definition) is 1. The van der Waals surface area contributed by atoms with Crippen molar-refractivity contribution in [2.75, 3.05) is 5.32 Å². The van der Waals surface area contributed by atoms with E-state index in [2.05, 4.69) is 5.10 Å². The molecular formula is C17H11F10N3O. The predicted molar refractivity (Wildman–Crippen MR) is 83.8 cm³/mol. The fraction of sp³-hybridized carbons (Fsp3) is 0.412. The van der Waals surface area contributed by atoms with Crippen LogP contribution in [0.5, 0.6) is 0 Å². The molecule has 31 heavy (non-hydrogen) atoms. The van der Waals surface area contributed by atoms with Gasteiger partial charge in [0.1, 0.15) is 17.3 Å². The summed E-state index contributed by atoms with van der Waals surface area (Å²) in [4.78, 5) is 12.3. The van der Waals surface area contributed by atoms with Gasteiger partial charge in [-0.2, -0.15) is 31.4 Å². The maximum absolute atomic E-state index is 14.0. The second-order valence-corrected chi connectivity index (χ2v) is 6.84. The molecule has 170 valence electrons. The fourth-order valence-electron chi connectivity index (χ4n) is 2.87. The van der Waals surface area contributed by atoms with Crippen molar-refractivity contribution in [2.45, 2.75) is 44.1 Å². The van der Waals surface area contributed by atoms with E-state index in [4.69, 9.17) is 0 Å². The van der Waals surface area contributed by atoms with Crippen LogP contribution in [0.4, 0.5) is 49.6 Å². The standard InChI is InChI=1S/C17H11F10N3O/c1-5(30-7(6-2-3-6)4-8(29-30)16(22,23)24)15(31)28-14-12(20)10(18)9(17(25,26)27)11(19)13(14)21/h4-6H,2-3H2,1H3,(H,28,31). The van der Waals surface area contributed by atoms with Crippen molar-refractivity contribution in [2.24, 2.45) is 0 Å². The zero-order chi connectivity index (χ0) is 23.5. The highest BCUT2D eigenvalue weighted by molar-refractivity contribution is 5.93. The third-order valence-electron chi connectivity index (χ3n) is 4.59. The molecule has 1 heterocycles. The number of aromatic nitrogens is 2. The number of rotatable bonds is 4. The van der Waals surface area contributed by atoms with Gasteiger partial charge in [-0.1, -0.05) is 0 Å². The van der Waals surface area contributed by atoms with Crippen molar-refractivity contribution in [1.82, 2.24) is 9.78 Å². The smallest absolute Gasteiger partial charge is 0.319 e. The SMILES string of the molecule is CC(C(=O)Nc1c(F)c(F)c(C(F)(F)F)c(F)c1F)n1nc(C(F)(F)F)cc1C1CC1. The summed E-state index contributed by atoms with van der Waals surface area (Å²) in [5.74, 6) is -12.4. The molecule has 1 fully saturated rings. The van der Waals surface area contributed by atoms with Crippen molar-refractivity contribution in [3.05, 3.63) is 46.3 Å². The fourth-order valence-corrected chi connectivity index (χ4v) is 2.87. The summed E-state index contributed by atoms with van der Waals surface area (Å²) in [5.41, 5.74) is -6.01. The largest absolute Gasteiger partial charge is 0.435 e. The number of alkyl halides is 6. The topological polar surface area (TPSA) is 46.9 Å². The first-order chi connectivity index (χ1) is 14.1. The summed E-state index contributed by atoms with van der Waals surface area (Å²) in [6, 6.07) is -0.959. The van der Waals surface area contributed by atoms with Crippen molar-refractivity contribution < 1.29 is 48.7 Å². The molecule has 1 aromatic carbocycles. The van der Waals surface area contributed by atoms with Crippen LogP contribution in [0, 0.1) is 23.3 Å². The number of amides is 1. The molecule has 0 saturated heterocycles. The molecule has 0 radical (unpaired) electrons. The molecule has 1 aliphatic carbocycles. The number of anilines is 1. The first-order valence-electron chi connectivity index (χ1n) is 8.55. The normalized spacial score (nSPS) is 15.8. The van der Waals surface area contributed by atoms with Gasteiger partial charge in [0.15, 0.2) is 29.0 Å². The lowest BCUT2D eigenvalue weighted by Gasteiger charge is -2.18. The third kappa shape index (κ3) is 4.19. The number of carbonyl (C=O) groups is 1. The molecule has 0 bridgehead atoms. The first-order valence-corrected chi connectivity index (χ1v) is 8.55. The Kier molecular flexibility index (Phi) is 5.47. The number of nitrogens with zero attached hydrogens (tertiary/aromatic N) is 2. The Bertz CT molecular complexity index is 1010. The molecular weight excluding hydrogens is 452 g/mol. The minimum absolute atomic E-state index is 0.000648. The molecule has 1 aliphatic rings. The van der Waals surface area contributed by atoms with Crippen LogP contribution in [0.25, 0.3) is 0 Å². The molecule has 0 aliphatic heterocycles. The Morgan fingerprint density at radius 1 is 1.00 bits per heavy atom. The van der Waals surface area contributed by atoms with Crippen LogP contribution in [0.15, 0.2) is 6.07 Å². The van der Waals surface area contributed by atoms with E-state index in [0.717, 1.165) is 6.92 Å². The Hall–Kier alpha value is -2.80. The molecule has 1 aromatic heterocycles. The van der Waals surface area contributed by atoms with E-state index in [9.17, 15) is 48.7 Å². The number of nitrogens with one attached hydrogen (secondary N) is 1. The van der Waals surface area contributed by atoms with Crippen LogP contribution in [0.3, 0.4) is 0 Å². The third-order valence-corrected chi connectivity index (χ3v) is 4.59. The molecule has 1 amide bonds. The zero-order valence-corrected chi connectivity index (χ0v) is 15.2. The number of halogens is 10. The van der Waals surface area contributed by atoms with Gasteiger partial charge in [-0.3, -0.25) is 9.48 Å². The van der Waals surface area contributed by atoms with Crippen LogP contribution in [-0.2, 0) is 17.1 Å². The van der Waals surface area contributed by atoms with Gasteiger partial charge in [0.25, 0.3) is 0 Å². The van der Waals surface area contributed by atoms with Crippen LogP contribution < -0.4 is 5.32 Å². The number of hydrogen-bond acceptors (Lipinski definition) is 2. The maximum Gasteiger partial charge on any atom is 0.435 e. The van der Waals surface area contributed by atoms with Gasteiger partial charge in [-0.05, 0) is 25.8 Å². The second-order valence-electron chi connectivity index (χ2n) is 6.84. The van der Waals surface area contributed by atoms with Gasteiger partial charge in [0.2, 0.25) is 5.91 Å². The van der Waals surface area contributed by atoms with E-state index in [1.807, 2.05) is 0 Å². The lowest BCUT2D eigenvalue weighted by atomic mass is 10.1. The molecule has 14 heteroatoms. The highest BCUT2D eigenvalue weighted by Gasteiger charge is 2.43. The Morgan fingerprint density at radius 3 is 1.94 bits per heavy atom. The van der Waals surface area contributed by atoms with Gasteiger partial charge in [0, 0.05) is 11.6 Å². The summed E-state index contributed by atoms with van der Waals surface area (Å²) in [5, 5.41) is 4.67. The van der Waals surface area contributed by atoms with Crippen molar-refractivity contribution in [3.8, 4) is 0 Å². The summed E-state index contributed by atoms with van der Waals surface area (Å²) in [6.45, 7) is 0.987. The van der Waals surface area contributed by atoms with Crippen LogP contribution in [0.1, 0.15) is 48.7 Å². The first kappa shape index (κ1) is 22.9. The van der Waals surface area contributed by atoms with E-state index >= 15 is 0 Å². The average molecular weight is 463 g/mol. The Labute approximate surface area is 166 Å². The van der Waals surface area contributed by atoms with Gasteiger partial charge >= 0.3 is 12.4 Å². The Morgan fingerprint density at radius 2 is 1.52 bits per heavy atom. The quantitative estimate of drug-likeness (QED) is 0.477. The maximum atomic E-state index is 14.0. The lowest BCUT2D eigenvalue weighted by Crippen LogP contribution is -2.28. The van der Waals surface area contributed by atoms with E-state index < -0.39 is 64.5 Å². The number of benzene rings is 1. The molecule has 1 saturated carbocycles. The van der Waals surface area contributed by atoms with Crippen molar-refractivity contribution >= 4 is 11.6 Å². The van der Waals surface area contributed by atoms with E-state index in [0.29, 0.717) is 23.6 Å². The summed E-state index contributed by atoms with van der Waals surface area (Å²) < 4.78 is 133. The molecule has 1 atom stereocenters. The average Bonchev–Trinajstić information content (AvgIpc) is 3.38. The lowest BCUT2D eigenvalue weighted by molar-refractivity contribution is -0.143. The minimum Gasteiger partial charge on any atom is -0.319 e. The van der Waals surface area contributed by atoms with Gasteiger partial charge < -0.3 is 5.32 Å². The van der Waals surface area contributed by atoms with E-state index in [-0.39, 0.29) is 11.6 Å². The predicted octanol–water partition coefficient (Wildman–Crippen LogP) is 5.55. The van der Waals surface area contributed by atoms with E-state index in [1.54, 1.807) is 0 Å². The molecule has 0 spiro atoms. The monoisotopic (exact) mass is 463 g/mol. The molecule has 1 N–H and O–H groups in total. The summed E-state index contributed by atoms with van der Waals surface area (Å²) in [7, 11) is 0. The zero-order valence-electron chi connectivity index (χ0n) is 15.2. The van der Waals surface area contributed by atoms with Gasteiger partial charge in [-0.25, -0.2) is 17.6 Å². The summed E-state index contributed by atoms with van der Waals surface area (Å²) >= 11 is 0. The van der Waals surface area contributed by atoms with Crippen LogP contribution in [-0.4, -0.2) is 15.7 Å². The second kappa shape index (κ2) is 7.41. The molecule has 2 aromatic rings. The highest BCUT2D eigenvalue weighted by atomic mass is 19.4. The molecule has 1 unspecified atom stereocenters. The molecule has 4 nitrogen and oxygen atoms in total. The Balaban J connectivity index is 1.97.